The lowest BCUT2D eigenvalue weighted by atomic mass is 9.63. The molecule has 6 rings (SSSR count). The topological polar surface area (TPSA) is 55.4 Å². The highest BCUT2D eigenvalue weighted by molar-refractivity contribution is 5.47. The minimum Gasteiger partial charge on any atom is -0.497 e. The van der Waals surface area contributed by atoms with E-state index >= 15 is 0 Å². The van der Waals surface area contributed by atoms with E-state index in [9.17, 15) is 0 Å². The number of methoxy groups -OCH3 is 4. The van der Waals surface area contributed by atoms with Crippen LogP contribution in [0.2, 0.25) is 0 Å². The van der Waals surface area contributed by atoms with Crippen LogP contribution in [-0.2, 0) is 21.0 Å². The van der Waals surface area contributed by atoms with Crippen molar-refractivity contribution in [3.63, 3.8) is 0 Å². The Hall–Kier alpha value is -4.00. The predicted molar refractivity (Wildman–Crippen MR) is 157 cm³/mol. The van der Waals surface area contributed by atoms with Crippen LogP contribution in [0.1, 0.15) is 41.5 Å². The fourth-order valence-corrected chi connectivity index (χ4v) is 6.92. The van der Waals surface area contributed by atoms with Gasteiger partial charge < -0.3 is 18.9 Å². The SMILES string of the molecule is COc1ccc(C2(c3ccc(OC)cc3)OOC(c3ccc(OC)cc3)(c3ccc(OC)cc3)C3CCCC32)cc1. The van der Waals surface area contributed by atoms with Crippen molar-refractivity contribution in [1.82, 2.24) is 0 Å². The Balaban J connectivity index is 1.55. The summed E-state index contributed by atoms with van der Waals surface area (Å²) >= 11 is 0. The van der Waals surface area contributed by atoms with Crippen LogP contribution in [0.5, 0.6) is 23.0 Å². The Bertz CT molecular complexity index is 1240. The molecular weight excluding hydrogens is 516 g/mol. The lowest BCUT2D eigenvalue weighted by Crippen LogP contribution is -2.55. The second-order valence-electron chi connectivity index (χ2n) is 10.7. The molecule has 4 aromatic rings. The molecule has 1 aliphatic carbocycles. The van der Waals surface area contributed by atoms with Crippen LogP contribution in [0.25, 0.3) is 0 Å². The van der Waals surface area contributed by atoms with E-state index < -0.39 is 11.2 Å². The number of hydrogen-bond acceptors (Lipinski definition) is 6. The van der Waals surface area contributed by atoms with Crippen LogP contribution < -0.4 is 18.9 Å². The summed E-state index contributed by atoms with van der Waals surface area (Å²) in [6, 6.07) is 32.7. The zero-order valence-electron chi connectivity index (χ0n) is 24.0. The third-order valence-corrected chi connectivity index (χ3v) is 8.94. The fourth-order valence-electron chi connectivity index (χ4n) is 6.92. The van der Waals surface area contributed by atoms with Gasteiger partial charge in [0, 0.05) is 11.8 Å². The summed E-state index contributed by atoms with van der Waals surface area (Å²) in [7, 11) is 6.72. The monoisotopic (exact) mass is 552 g/mol. The maximum atomic E-state index is 6.89. The molecule has 1 saturated carbocycles. The molecule has 0 N–H and O–H groups in total. The van der Waals surface area contributed by atoms with Crippen molar-refractivity contribution in [3.05, 3.63) is 119 Å². The summed E-state index contributed by atoms with van der Waals surface area (Å²) in [5.74, 6) is 3.41. The minimum absolute atomic E-state index is 0.113. The molecule has 1 saturated heterocycles. The molecule has 2 atom stereocenters. The average Bonchev–Trinajstić information content (AvgIpc) is 3.56. The molecule has 2 fully saturated rings. The highest BCUT2D eigenvalue weighted by Crippen LogP contribution is 2.62. The summed E-state index contributed by atoms with van der Waals surface area (Å²) in [5, 5.41) is 0. The van der Waals surface area contributed by atoms with E-state index in [0.717, 1.165) is 64.5 Å². The molecule has 1 heterocycles. The normalized spacial score (nSPS) is 20.6. The molecular formula is C35H36O6. The molecule has 2 aliphatic rings. The van der Waals surface area contributed by atoms with Gasteiger partial charge in [-0.2, -0.15) is 0 Å². The first-order valence-electron chi connectivity index (χ1n) is 14.0. The van der Waals surface area contributed by atoms with Crippen molar-refractivity contribution >= 4 is 0 Å². The molecule has 6 heteroatoms. The van der Waals surface area contributed by atoms with Crippen LogP contribution in [-0.4, -0.2) is 28.4 Å². The molecule has 212 valence electrons. The van der Waals surface area contributed by atoms with Crippen molar-refractivity contribution in [3.8, 4) is 23.0 Å². The Labute approximate surface area is 241 Å². The van der Waals surface area contributed by atoms with Crippen LogP contribution >= 0.6 is 0 Å². The average molecular weight is 553 g/mol. The van der Waals surface area contributed by atoms with Gasteiger partial charge in [0.05, 0.1) is 28.4 Å². The largest absolute Gasteiger partial charge is 0.497 e. The number of benzene rings is 4. The summed E-state index contributed by atoms with van der Waals surface area (Å²) < 4.78 is 22.0. The minimum atomic E-state index is -0.831. The van der Waals surface area contributed by atoms with Crippen LogP contribution in [0.4, 0.5) is 0 Å². The molecule has 0 bridgehead atoms. The van der Waals surface area contributed by atoms with Gasteiger partial charge in [0.2, 0.25) is 0 Å². The van der Waals surface area contributed by atoms with Gasteiger partial charge in [-0.05, 0) is 83.6 Å². The molecule has 0 spiro atoms. The first-order chi connectivity index (χ1) is 20.1. The van der Waals surface area contributed by atoms with E-state index in [-0.39, 0.29) is 11.8 Å². The van der Waals surface area contributed by atoms with Gasteiger partial charge in [-0.15, -0.1) is 0 Å². The van der Waals surface area contributed by atoms with Gasteiger partial charge in [0.25, 0.3) is 0 Å². The highest BCUT2D eigenvalue weighted by atomic mass is 17.2. The first kappa shape index (κ1) is 27.2. The van der Waals surface area contributed by atoms with E-state index in [0.29, 0.717) is 0 Å². The van der Waals surface area contributed by atoms with Gasteiger partial charge in [-0.25, -0.2) is 9.78 Å². The lowest BCUT2D eigenvalue weighted by Gasteiger charge is -2.53. The second kappa shape index (κ2) is 11.1. The third-order valence-electron chi connectivity index (χ3n) is 8.94. The number of fused-ring (bicyclic) bond motifs is 1. The zero-order chi connectivity index (χ0) is 28.5. The van der Waals surface area contributed by atoms with Gasteiger partial charge in [0.1, 0.15) is 23.0 Å². The van der Waals surface area contributed by atoms with Crippen molar-refractivity contribution < 1.29 is 28.7 Å². The molecule has 0 amide bonds. The Kier molecular flexibility index (Phi) is 7.37. The van der Waals surface area contributed by atoms with Gasteiger partial charge >= 0.3 is 0 Å². The van der Waals surface area contributed by atoms with Crippen molar-refractivity contribution in [2.24, 2.45) is 11.8 Å². The lowest BCUT2D eigenvalue weighted by molar-refractivity contribution is -0.458. The van der Waals surface area contributed by atoms with Crippen LogP contribution in [0.3, 0.4) is 0 Å². The summed E-state index contributed by atoms with van der Waals surface area (Å²) in [6.07, 6.45) is 3.03. The molecule has 6 nitrogen and oxygen atoms in total. The van der Waals surface area contributed by atoms with E-state index in [2.05, 4.69) is 48.5 Å². The van der Waals surface area contributed by atoms with Crippen LogP contribution in [0, 0.1) is 11.8 Å². The molecule has 0 radical (unpaired) electrons. The maximum absolute atomic E-state index is 6.89. The maximum Gasteiger partial charge on any atom is 0.157 e. The zero-order valence-corrected chi connectivity index (χ0v) is 24.0. The summed E-state index contributed by atoms with van der Waals surface area (Å²) in [5.41, 5.74) is 2.44. The van der Waals surface area contributed by atoms with Gasteiger partial charge in [-0.1, -0.05) is 55.0 Å². The molecule has 1 aliphatic heterocycles. The fraction of sp³-hybridized carbons (Fsp3) is 0.314. The van der Waals surface area contributed by atoms with Crippen LogP contribution in [0.15, 0.2) is 97.1 Å². The number of rotatable bonds is 8. The van der Waals surface area contributed by atoms with E-state index in [1.54, 1.807) is 28.4 Å². The van der Waals surface area contributed by atoms with E-state index in [4.69, 9.17) is 28.7 Å². The molecule has 0 aromatic heterocycles. The van der Waals surface area contributed by atoms with E-state index in [1.165, 1.54) is 0 Å². The third kappa shape index (κ3) is 4.42. The Morgan fingerprint density at radius 3 is 0.902 bits per heavy atom. The van der Waals surface area contributed by atoms with Gasteiger partial charge in [0.15, 0.2) is 11.2 Å². The number of ether oxygens (including phenoxy) is 4. The molecule has 41 heavy (non-hydrogen) atoms. The summed E-state index contributed by atoms with van der Waals surface area (Å²) in [6.45, 7) is 0. The number of hydrogen-bond donors (Lipinski definition) is 0. The van der Waals surface area contributed by atoms with Gasteiger partial charge in [-0.3, -0.25) is 0 Å². The molecule has 2 unspecified atom stereocenters. The van der Waals surface area contributed by atoms with Crippen molar-refractivity contribution in [2.75, 3.05) is 28.4 Å². The predicted octanol–water partition coefficient (Wildman–Crippen LogP) is 7.29. The molecule has 4 aromatic carbocycles. The van der Waals surface area contributed by atoms with Crippen molar-refractivity contribution in [1.29, 1.82) is 0 Å². The van der Waals surface area contributed by atoms with E-state index in [1.807, 2.05) is 48.5 Å². The Morgan fingerprint density at radius 1 is 0.439 bits per heavy atom. The first-order valence-corrected chi connectivity index (χ1v) is 14.0. The summed E-state index contributed by atoms with van der Waals surface area (Å²) in [4.78, 5) is 13.8. The Morgan fingerprint density at radius 2 is 0.683 bits per heavy atom. The standard InChI is InChI=1S/C35H36O6/c1-36-28-16-8-24(9-17-28)34(25-10-18-29(37-2)19-11-25)32-6-5-7-33(32)35(41-40-34,26-12-20-30(38-3)21-13-26)27-14-22-31(39-4)23-15-27/h8-23,32-33H,5-7H2,1-4H3. The highest BCUT2D eigenvalue weighted by Gasteiger charge is 2.62. The smallest absolute Gasteiger partial charge is 0.157 e. The van der Waals surface area contributed by atoms with Crippen molar-refractivity contribution in [2.45, 2.75) is 30.5 Å². The second-order valence-corrected chi connectivity index (χ2v) is 10.7. The quantitative estimate of drug-likeness (QED) is 0.214.